The minimum atomic E-state index is -0.188. The van der Waals surface area contributed by atoms with Gasteiger partial charge in [0.2, 0.25) is 11.8 Å². The summed E-state index contributed by atoms with van der Waals surface area (Å²) in [5.41, 5.74) is 4.23. The summed E-state index contributed by atoms with van der Waals surface area (Å²) in [5, 5.41) is 13.4. The van der Waals surface area contributed by atoms with Crippen molar-refractivity contribution in [1.82, 2.24) is 9.80 Å². The van der Waals surface area contributed by atoms with E-state index in [2.05, 4.69) is 11.9 Å². The SMILES string of the molecule is C=CC(=O)N1CCN(C(=O)CNc2cc(-c3cccc(C)c3)c(Cl)cc2CO)CC1. The van der Waals surface area contributed by atoms with Crippen molar-refractivity contribution in [3.8, 4) is 11.1 Å². The van der Waals surface area contributed by atoms with Crippen LogP contribution in [0.1, 0.15) is 11.1 Å². The number of carbonyl (C=O) groups excluding carboxylic acids is 2. The Kier molecular flexibility index (Phi) is 7.13. The van der Waals surface area contributed by atoms with Gasteiger partial charge >= 0.3 is 0 Å². The molecule has 158 valence electrons. The first-order valence-electron chi connectivity index (χ1n) is 9.86. The van der Waals surface area contributed by atoms with Crippen LogP contribution in [0.15, 0.2) is 49.1 Å². The van der Waals surface area contributed by atoms with Crippen LogP contribution in [0.2, 0.25) is 5.02 Å². The lowest BCUT2D eigenvalue weighted by molar-refractivity contribution is -0.135. The van der Waals surface area contributed by atoms with Crippen molar-refractivity contribution in [3.05, 3.63) is 65.2 Å². The Morgan fingerprint density at radius 3 is 2.50 bits per heavy atom. The Hall–Kier alpha value is -2.83. The van der Waals surface area contributed by atoms with E-state index in [0.717, 1.165) is 16.7 Å². The number of carbonyl (C=O) groups is 2. The Labute approximate surface area is 181 Å². The lowest BCUT2D eigenvalue weighted by Gasteiger charge is -2.34. The van der Waals surface area contributed by atoms with Crippen LogP contribution in [0.25, 0.3) is 11.1 Å². The third-order valence-electron chi connectivity index (χ3n) is 5.24. The van der Waals surface area contributed by atoms with Gasteiger partial charge in [-0.25, -0.2) is 0 Å². The zero-order chi connectivity index (χ0) is 21.7. The van der Waals surface area contributed by atoms with Gasteiger partial charge in [-0.1, -0.05) is 48.0 Å². The fraction of sp³-hybridized carbons (Fsp3) is 0.304. The van der Waals surface area contributed by atoms with Crippen molar-refractivity contribution in [2.24, 2.45) is 0 Å². The summed E-state index contributed by atoms with van der Waals surface area (Å²) < 4.78 is 0. The number of amides is 2. The molecule has 2 N–H and O–H groups in total. The number of rotatable bonds is 6. The van der Waals surface area contributed by atoms with Gasteiger partial charge in [-0.05, 0) is 30.7 Å². The van der Waals surface area contributed by atoms with Crippen LogP contribution in [-0.2, 0) is 16.2 Å². The van der Waals surface area contributed by atoms with Gasteiger partial charge in [-0.2, -0.15) is 0 Å². The van der Waals surface area contributed by atoms with E-state index in [1.54, 1.807) is 15.9 Å². The summed E-state index contributed by atoms with van der Waals surface area (Å²) >= 11 is 6.45. The first-order valence-corrected chi connectivity index (χ1v) is 10.2. The van der Waals surface area contributed by atoms with E-state index in [-0.39, 0.29) is 25.0 Å². The van der Waals surface area contributed by atoms with Crippen LogP contribution in [0.5, 0.6) is 0 Å². The third-order valence-corrected chi connectivity index (χ3v) is 5.55. The highest BCUT2D eigenvalue weighted by Crippen LogP contribution is 2.33. The molecule has 30 heavy (non-hydrogen) atoms. The largest absolute Gasteiger partial charge is 0.392 e. The van der Waals surface area contributed by atoms with E-state index in [1.165, 1.54) is 6.08 Å². The van der Waals surface area contributed by atoms with Gasteiger partial charge < -0.3 is 20.2 Å². The average molecular weight is 428 g/mol. The fourth-order valence-electron chi connectivity index (χ4n) is 3.53. The number of aliphatic hydroxyl groups excluding tert-OH is 1. The van der Waals surface area contributed by atoms with Crippen molar-refractivity contribution in [2.45, 2.75) is 13.5 Å². The maximum absolute atomic E-state index is 12.6. The predicted octanol–water partition coefficient (Wildman–Crippen LogP) is 3.08. The highest BCUT2D eigenvalue weighted by atomic mass is 35.5. The highest BCUT2D eigenvalue weighted by Gasteiger charge is 2.23. The van der Waals surface area contributed by atoms with E-state index in [9.17, 15) is 14.7 Å². The number of hydrogen-bond acceptors (Lipinski definition) is 4. The molecule has 1 aliphatic heterocycles. The molecule has 1 fully saturated rings. The molecular formula is C23H26ClN3O3. The van der Waals surface area contributed by atoms with Gasteiger partial charge in [-0.15, -0.1) is 0 Å². The maximum atomic E-state index is 12.6. The standard InChI is InChI=1S/C23H26ClN3O3/c1-3-22(29)26-7-9-27(10-8-26)23(30)14-25-21-13-19(20(24)12-18(21)15-28)17-6-4-5-16(2)11-17/h3-6,11-13,25,28H,1,7-10,14-15H2,2H3. The van der Waals surface area contributed by atoms with Gasteiger partial charge in [0.05, 0.1) is 13.2 Å². The van der Waals surface area contributed by atoms with Crippen molar-refractivity contribution >= 4 is 29.1 Å². The molecule has 2 aromatic rings. The molecule has 2 amide bonds. The Morgan fingerprint density at radius 2 is 1.87 bits per heavy atom. The Bertz CT molecular complexity index is 953. The third kappa shape index (κ3) is 5.01. The van der Waals surface area contributed by atoms with Gasteiger partial charge in [-0.3, -0.25) is 9.59 Å². The minimum absolute atomic E-state index is 0.0587. The molecular weight excluding hydrogens is 402 g/mol. The average Bonchev–Trinajstić information content (AvgIpc) is 2.77. The molecule has 0 bridgehead atoms. The molecule has 0 atom stereocenters. The molecule has 0 saturated carbocycles. The van der Waals surface area contributed by atoms with Gasteiger partial charge in [0.15, 0.2) is 0 Å². The fourth-order valence-corrected chi connectivity index (χ4v) is 3.83. The summed E-state index contributed by atoms with van der Waals surface area (Å²) in [6.07, 6.45) is 1.29. The number of nitrogens with one attached hydrogen (secondary N) is 1. The van der Waals surface area contributed by atoms with Crippen molar-refractivity contribution < 1.29 is 14.7 Å². The number of benzene rings is 2. The Morgan fingerprint density at radius 1 is 1.17 bits per heavy atom. The van der Waals surface area contributed by atoms with Gasteiger partial charge in [0, 0.05) is 48.0 Å². The van der Waals surface area contributed by atoms with Crippen LogP contribution in [0.4, 0.5) is 5.69 Å². The molecule has 1 aliphatic rings. The zero-order valence-corrected chi connectivity index (χ0v) is 17.8. The number of aryl methyl sites for hydroxylation is 1. The number of aliphatic hydroxyl groups is 1. The van der Waals surface area contributed by atoms with E-state index >= 15 is 0 Å². The molecule has 2 aromatic carbocycles. The van der Waals surface area contributed by atoms with E-state index in [0.29, 0.717) is 42.5 Å². The number of anilines is 1. The quantitative estimate of drug-likeness (QED) is 0.695. The number of hydrogen-bond donors (Lipinski definition) is 2. The summed E-state index contributed by atoms with van der Waals surface area (Å²) in [5.74, 6) is -0.172. The second kappa shape index (κ2) is 9.78. The number of piperazine rings is 1. The summed E-state index contributed by atoms with van der Waals surface area (Å²) in [4.78, 5) is 27.7. The lowest BCUT2D eigenvalue weighted by Crippen LogP contribution is -2.51. The van der Waals surface area contributed by atoms with Crippen LogP contribution in [0, 0.1) is 6.92 Å². The molecule has 0 aliphatic carbocycles. The smallest absolute Gasteiger partial charge is 0.246 e. The summed E-state index contributed by atoms with van der Waals surface area (Å²) in [6, 6.07) is 11.6. The summed E-state index contributed by atoms with van der Waals surface area (Å²) in [6.45, 7) is 7.39. The second-order valence-corrected chi connectivity index (χ2v) is 7.69. The highest BCUT2D eigenvalue weighted by molar-refractivity contribution is 6.33. The molecule has 0 radical (unpaired) electrons. The molecule has 0 unspecified atom stereocenters. The second-order valence-electron chi connectivity index (χ2n) is 7.28. The van der Waals surface area contributed by atoms with E-state index in [4.69, 9.17) is 11.6 Å². The topological polar surface area (TPSA) is 72.9 Å². The summed E-state index contributed by atoms with van der Waals surface area (Å²) in [7, 11) is 0. The van der Waals surface area contributed by atoms with Crippen molar-refractivity contribution in [3.63, 3.8) is 0 Å². The monoisotopic (exact) mass is 427 g/mol. The van der Waals surface area contributed by atoms with E-state index < -0.39 is 0 Å². The maximum Gasteiger partial charge on any atom is 0.246 e. The van der Waals surface area contributed by atoms with Gasteiger partial charge in [0.25, 0.3) is 0 Å². The first kappa shape index (κ1) is 21.9. The van der Waals surface area contributed by atoms with Crippen LogP contribution in [-0.4, -0.2) is 59.4 Å². The Balaban J connectivity index is 1.70. The van der Waals surface area contributed by atoms with Gasteiger partial charge in [0.1, 0.15) is 0 Å². The first-order chi connectivity index (χ1) is 14.4. The molecule has 0 aromatic heterocycles. The molecule has 6 nitrogen and oxygen atoms in total. The zero-order valence-electron chi connectivity index (χ0n) is 17.0. The van der Waals surface area contributed by atoms with Crippen molar-refractivity contribution in [2.75, 3.05) is 38.0 Å². The number of nitrogens with zero attached hydrogens (tertiary/aromatic N) is 2. The van der Waals surface area contributed by atoms with Crippen LogP contribution < -0.4 is 5.32 Å². The lowest BCUT2D eigenvalue weighted by atomic mass is 10.0. The molecule has 1 heterocycles. The van der Waals surface area contributed by atoms with Crippen LogP contribution in [0.3, 0.4) is 0 Å². The van der Waals surface area contributed by atoms with Crippen LogP contribution >= 0.6 is 11.6 Å². The molecule has 3 rings (SSSR count). The van der Waals surface area contributed by atoms with E-state index in [1.807, 2.05) is 37.3 Å². The minimum Gasteiger partial charge on any atom is -0.392 e. The molecule has 7 heteroatoms. The molecule has 1 saturated heterocycles. The number of halogens is 1. The van der Waals surface area contributed by atoms with Crippen molar-refractivity contribution in [1.29, 1.82) is 0 Å². The molecule has 0 spiro atoms. The normalized spacial score (nSPS) is 13.8. The predicted molar refractivity (Wildman–Crippen MR) is 119 cm³/mol.